The summed E-state index contributed by atoms with van der Waals surface area (Å²) in [6.45, 7) is 1.82. The van der Waals surface area contributed by atoms with Gasteiger partial charge in [0.1, 0.15) is 0 Å². The summed E-state index contributed by atoms with van der Waals surface area (Å²) in [6, 6.07) is 0.239. The van der Waals surface area contributed by atoms with E-state index in [1.54, 1.807) is 12.4 Å². The minimum Gasteiger partial charge on any atom is -0.339 e. The summed E-state index contributed by atoms with van der Waals surface area (Å²) in [7, 11) is 0. The highest BCUT2D eigenvalue weighted by Crippen LogP contribution is 2.15. The third-order valence-corrected chi connectivity index (χ3v) is 2.54. The summed E-state index contributed by atoms with van der Waals surface area (Å²) in [4.78, 5) is 10.4. The lowest BCUT2D eigenvalue weighted by atomic mass is 10.1. The number of anilines is 1. The Kier molecular flexibility index (Phi) is 2.84. The van der Waals surface area contributed by atoms with Crippen LogP contribution in [0.5, 0.6) is 0 Å². The summed E-state index contributed by atoms with van der Waals surface area (Å²) in [5.74, 6) is 0.726. The zero-order valence-electron chi connectivity index (χ0n) is 7.86. The first-order valence-electron chi connectivity index (χ1n) is 4.74. The van der Waals surface area contributed by atoms with E-state index >= 15 is 0 Å². The van der Waals surface area contributed by atoms with Crippen LogP contribution >= 0.6 is 11.6 Å². The van der Waals surface area contributed by atoms with Crippen LogP contribution in [0.4, 0.5) is 5.95 Å². The summed E-state index contributed by atoms with van der Waals surface area (Å²) in [6.07, 6.45) is 5.42. The minimum absolute atomic E-state index is 0.239. The average Bonchev–Trinajstić information content (AvgIpc) is 2.19. The number of hydrogen-bond donors (Lipinski definition) is 1. The van der Waals surface area contributed by atoms with Crippen molar-refractivity contribution in [2.45, 2.75) is 18.9 Å². The number of nitrogens with zero attached hydrogens (tertiary/aromatic N) is 3. The molecule has 2 heterocycles. The fourth-order valence-electron chi connectivity index (χ4n) is 1.66. The van der Waals surface area contributed by atoms with Gasteiger partial charge >= 0.3 is 0 Å². The van der Waals surface area contributed by atoms with Gasteiger partial charge in [-0.3, -0.25) is 0 Å². The molecule has 1 aliphatic rings. The first-order chi connectivity index (χ1) is 6.75. The predicted molar refractivity (Wildman–Crippen MR) is 56.5 cm³/mol. The lowest BCUT2D eigenvalue weighted by Gasteiger charge is -2.30. The molecule has 1 saturated heterocycles. The van der Waals surface area contributed by atoms with E-state index < -0.39 is 0 Å². The molecular formula is C9H13ClN4. The van der Waals surface area contributed by atoms with Crippen LogP contribution in [0.25, 0.3) is 0 Å². The van der Waals surface area contributed by atoms with Gasteiger partial charge in [0.25, 0.3) is 0 Å². The number of piperidine rings is 1. The van der Waals surface area contributed by atoms with E-state index in [-0.39, 0.29) is 6.04 Å². The van der Waals surface area contributed by atoms with Crippen molar-refractivity contribution in [1.82, 2.24) is 9.97 Å². The lowest BCUT2D eigenvalue weighted by molar-refractivity contribution is 0.500. The molecule has 1 atom stereocenters. The molecule has 14 heavy (non-hydrogen) atoms. The number of nitrogens with two attached hydrogens (primary N) is 1. The zero-order valence-corrected chi connectivity index (χ0v) is 8.61. The second-order valence-electron chi connectivity index (χ2n) is 3.55. The van der Waals surface area contributed by atoms with Gasteiger partial charge in [-0.05, 0) is 12.8 Å². The Morgan fingerprint density at radius 1 is 1.43 bits per heavy atom. The highest BCUT2D eigenvalue weighted by Gasteiger charge is 2.18. The minimum atomic E-state index is 0.239. The third kappa shape index (κ3) is 2.13. The Balaban J connectivity index is 2.10. The first-order valence-corrected chi connectivity index (χ1v) is 5.11. The lowest BCUT2D eigenvalue weighted by Crippen LogP contribution is -2.43. The van der Waals surface area contributed by atoms with Crippen molar-refractivity contribution in [3.63, 3.8) is 0 Å². The molecule has 0 saturated carbocycles. The molecule has 0 aromatic carbocycles. The third-order valence-electron chi connectivity index (χ3n) is 2.35. The molecule has 1 aromatic heterocycles. The maximum absolute atomic E-state index is 5.87. The van der Waals surface area contributed by atoms with Gasteiger partial charge in [-0.1, -0.05) is 11.6 Å². The van der Waals surface area contributed by atoms with Crippen molar-refractivity contribution in [3.8, 4) is 0 Å². The van der Waals surface area contributed by atoms with Crippen molar-refractivity contribution >= 4 is 17.5 Å². The molecule has 1 aliphatic heterocycles. The molecule has 2 N–H and O–H groups in total. The standard InChI is InChI=1S/C9H13ClN4/c10-7-4-12-9(13-5-7)14-3-1-2-8(11)6-14/h4-5,8H,1-3,6,11H2/t8-/m1/s1. The van der Waals surface area contributed by atoms with Crippen LogP contribution in [0.3, 0.4) is 0 Å². The van der Waals surface area contributed by atoms with Gasteiger partial charge in [0, 0.05) is 19.1 Å². The SMILES string of the molecule is N[C@@H]1CCCN(c2ncc(Cl)cn2)C1. The Morgan fingerprint density at radius 2 is 2.14 bits per heavy atom. The van der Waals surface area contributed by atoms with E-state index in [0.29, 0.717) is 5.02 Å². The van der Waals surface area contributed by atoms with E-state index in [4.69, 9.17) is 17.3 Å². The number of hydrogen-bond acceptors (Lipinski definition) is 4. The van der Waals surface area contributed by atoms with E-state index in [2.05, 4.69) is 14.9 Å². The van der Waals surface area contributed by atoms with E-state index in [0.717, 1.165) is 31.9 Å². The second-order valence-corrected chi connectivity index (χ2v) is 3.99. The van der Waals surface area contributed by atoms with Gasteiger partial charge in [-0.2, -0.15) is 0 Å². The molecular weight excluding hydrogens is 200 g/mol. The van der Waals surface area contributed by atoms with Crippen molar-refractivity contribution in [3.05, 3.63) is 17.4 Å². The Bertz CT molecular complexity index is 300. The molecule has 0 amide bonds. The van der Waals surface area contributed by atoms with Crippen LogP contribution < -0.4 is 10.6 Å². The largest absolute Gasteiger partial charge is 0.339 e. The fourth-order valence-corrected chi connectivity index (χ4v) is 1.76. The summed E-state index contributed by atoms with van der Waals surface area (Å²) < 4.78 is 0. The normalized spacial score (nSPS) is 22.4. The molecule has 2 rings (SSSR count). The molecule has 4 nitrogen and oxygen atoms in total. The van der Waals surface area contributed by atoms with Crippen molar-refractivity contribution in [2.75, 3.05) is 18.0 Å². The Morgan fingerprint density at radius 3 is 2.79 bits per heavy atom. The molecule has 0 radical (unpaired) electrons. The van der Waals surface area contributed by atoms with E-state index in [1.165, 1.54) is 0 Å². The molecule has 0 aliphatic carbocycles. The van der Waals surface area contributed by atoms with Crippen LogP contribution in [0.2, 0.25) is 5.02 Å². The van der Waals surface area contributed by atoms with Gasteiger partial charge in [-0.15, -0.1) is 0 Å². The molecule has 1 fully saturated rings. The molecule has 0 spiro atoms. The van der Waals surface area contributed by atoms with E-state index in [1.807, 2.05) is 0 Å². The van der Waals surface area contributed by atoms with E-state index in [9.17, 15) is 0 Å². The molecule has 0 unspecified atom stereocenters. The molecule has 1 aromatic rings. The number of halogens is 1. The summed E-state index contributed by atoms with van der Waals surface area (Å²) in [5.41, 5.74) is 5.87. The van der Waals surface area contributed by atoms with Crippen molar-refractivity contribution in [2.24, 2.45) is 5.73 Å². The highest BCUT2D eigenvalue weighted by atomic mass is 35.5. The van der Waals surface area contributed by atoms with Gasteiger partial charge in [0.05, 0.1) is 17.4 Å². The molecule has 76 valence electrons. The smallest absolute Gasteiger partial charge is 0.225 e. The zero-order chi connectivity index (χ0) is 9.97. The number of aromatic nitrogens is 2. The predicted octanol–water partition coefficient (Wildman–Crippen LogP) is 1.06. The van der Waals surface area contributed by atoms with Gasteiger partial charge < -0.3 is 10.6 Å². The van der Waals surface area contributed by atoms with Crippen LogP contribution in [0.1, 0.15) is 12.8 Å². The molecule has 5 heteroatoms. The van der Waals surface area contributed by atoms with Gasteiger partial charge in [-0.25, -0.2) is 9.97 Å². The average molecular weight is 213 g/mol. The molecule has 0 bridgehead atoms. The van der Waals surface area contributed by atoms with Gasteiger partial charge in [0.2, 0.25) is 5.95 Å². The van der Waals surface area contributed by atoms with Crippen molar-refractivity contribution < 1.29 is 0 Å². The highest BCUT2D eigenvalue weighted by molar-refractivity contribution is 6.30. The maximum atomic E-state index is 5.87. The van der Waals surface area contributed by atoms with Crippen LogP contribution in [-0.4, -0.2) is 29.1 Å². The quantitative estimate of drug-likeness (QED) is 0.757. The monoisotopic (exact) mass is 212 g/mol. The van der Waals surface area contributed by atoms with Gasteiger partial charge in [0.15, 0.2) is 0 Å². The maximum Gasteiger partial charge on any atom is 0.225 e. The topological polar surface area (TPSA) is 55.0 Å². The Hall–Kier alpha value is -0.870. The summed E-state index contributed by atoms with van der Waals surface area (Å²) in [5, 5.41) is 0.565. The fraction of sp³-hybridized carbons (Fsp3) is 0.556. The number of rotatable bonds is 1. The van der Waals surface area contributed by atoms with Crippen molar-refractivity contribution in [1.29, 1.82) is 0 Å². The summed E-state index contributed by atoms with van der Waals surface area (Å²) >= 11 is 5.71. The van der Waals surface area contributed by atoms with Crippen LogP contribution in [0, 0.1) is 0 Å². The first kappa shape index (κ1) is 9.68. The Labute approximate surface area is 88.1 Å². The van der Waals surface area contributed by atoms with Crippen LogP contribution in [0.15, 0.2) is 12.4 Å². The van der Waals surface area contributed by atoms with Crippen LogP contribution in [-0.2, 0) is 0 Å². The second kappa shape index (κ2) is 4.11.